The molecule has 1 aliphatic heterocycles. The van der Waals surface area contributed by atoms with Gasteiger partial charge in [-0.15, -0.1) is 0 Å². The summed E-state index contributed by atoms with van der Waals surface area (Å²) in [7, 11) is -0.642. The number of phenols is 1. The van der Waals surface area contributed by atoms with Crippen molar-refractivity contribution < 1.29 is 14.4 Å². The van der Waals surface area contributed by atoms with Gasteiger partial charge in [0.1, 0.15) is 5.75 Å². The van der Waals surface area contributed by atoms with E-state index in [-0.39, 0.29) is 10.8 Å². The lowest BCUT2D eigenvalue weighted by Crippen LogP contribution is -2.41. The number of aromatic hydroxyl groups is 1. The van der Waals surface area contributed by atoms with Crippen LogP contribution < -0.4 is 5.73 Å². The topological polar surface area (TPSA) is 64.7 Å². The molecule has 3 N–H and O–H groups in total. The van der Waals surface area contributed by atoms with Crippen LogP contribution >= 0.6 is 27.5 Å². The Balaban J connectivity index is 2.32. The van der Waals surface area contributed by atoms with E-state index in [2.05, 4.69) is 15.9 Å². The Morgan fingerprint density at radius 3 is 2.25 bits per heavy atom. The highest BCUT2D eigenvalue weighted by molar-refractivity contribution is 9.10. The Morgan fingerprint density at radius 1 is 1.25 bits per heavy atom. The lowest BCUT2D eigenvalue weighted by molar-refractivity contribution is 0.00578. The van der Waals surface area contributed by atoms with Gasteiger partial charge < -0.3 is 20.1 Å². The van der Waals surface area contributed by atoms with Crippen LogP contribution in [0.3, 0.4) is 0 Å². The van der Waals surface area contributed by atoms with Crippen molar-refractivity contribution in [3.8, 4) is 5.75 Å². The average Bonchev–Trinajstić information content (AvgIpc) is 2.52. The van der Waals surface area contributed by atoms with Crippen molar-refractivity contribution in [2.75, 3.05) is 0 Å². The SMILES string of the molecule is CC1(C)OB(C(N)c2cc(Br)cc(Cl)c2O)OC1(C)C. The minimum atomic E-state index is -0.642. The molecule has 7 heteroatoms. The van der Waals surface area contributed by atoms with Crippen LogP contribution in [0.1, 0.15) is 39.2 Å². The molecule has 20 heavy (non-hydrogen) atoms. The molecule has 1 aromatic rings. The van der Waals surface area contributed by atoms with E-state index >= 15 is 0 Å². The molecular weight excluding hydrogens is 344 g/mol. The van der Waals surface area contributed by atoms with Crippen LogP contribution in [-0.2, 0) is 9.31 Å². The van der Waals surface area contributed by atoms with E-state index in [9.17, 15) is 5.11 Å². The number of phenolic OH excluding ortho intramolecular Hbond substituents is 1. The van der Waals surface area contributed by atoms with Gasteiger partial charge >= 0.3 is 7.12 Å². The molecule has 0 bridgehead atoms. The summed E-state index contributed by atoms with van der Waals surface area (Å²) in [6.45, 7) is 7.81. The van der Waals surface area contributed by atoms with Crippen molar-refractivity contribution >= 4 is 34.6 Å². The van der Waals surface area contributed by atoms with Gasteiger partial charge in [-0.3, -0.25) is 0 Å². The van der Waals surface area contributed by atoms with Crippen molar-refractivity contribution in [3.05, 3.63) is 27.2 Å². The third-order valence-corrected chi connectivity index (χ3v) is 4.73. The third-order valence-electron chi connectivity index (χ3n) is 3.98. The van der Waals surface area contributed by atoms with E-state index in [0.29, 0.717) is 5.56 Å². The van der Waals surface area contributed by atoms with E-state index in [4.69, 9.17) is 26.6 Å². The van der Waals surface area contributed by atoms with E-state index in [1.54, 1.807) is 12.1 Å². The highest BCUT2D eigenvalue weighted by Gasteiger charge is 2.53. The second kappa shape index (κ2) is 5.18. The van der Waals surface area contributed by atoms with Crippen molar-refractivity contribution in [1.29, 1.82) is 0 Å². The van der Waals surface area contributed by atoms with Crippen LogP contribution in [0.25, 0.3) is 0 Å². The second-order valence-electron chi connectivity index (χ2n) is 5.98. The summed E-state index contributed by atoms with van der Waals surface area (Å²) < 4.78 is 12.5. The molecule has 0 aliphatic carbocycles. The number of nitrogens with two attached hydrogens (primary N) is 1. The zero-order valence-corrected chi connectivity index (χ0v) is 14.2. The predicted molar refractivity (Wildman–Crippen MR) is 83.8 cm³/mol. The van der Waals surface area contributed by atoms with Crippen LogP contribution in [0.2, 0.25) is 5.02 Å². The second-order valence-corrected chi connectivity index (χ2v) is 7.30. The molecule has 1 atom stereocenters. The first kappa shape index (κ1) is 16.1. The molecule has 0 spiro atoms. The number of hydrogen-bond donors (Lipinski definition) is 2. The molecule has 0 aromatic heterocycles. The quantitative estimate of drug-likeness (QED) is 0.791. The largest absolute Gasteiger partial charge is 0.506 e. The number of benzene rings is 1. The monoisotopic (exact) mass is 361 g/mol. The van der Waals surface area contributed by atoms with E-state index in [1.807, 2.05) is 27.7 Å². The molecule has 2 rings (SSSR count). The minimum Gasteiger partial charge on any atom is -0.506 e. The fraction of sp³-hybridized carbons (Fsp3) is 0.538. The molecule has 1 heterocycles. The molecule has 4 nitrogen and oxygen atoms in total. The summed E-state index contributed by atoms with van der Waals surface area (Å²) in [4.78, 5) is 0. The van der Waals surface area contributed by atoms with E-state index in [1.165, 1.54) is 0 Å². The maximum atomic E-state index is 10.1. The normalized spacial score (nSPS) is 22.1. The summed E-state index contributed by atoms with van der Waals surface area (Å²) in [6, 6.07) is 3.33. The van der Waals surface area contributed by atoms with Gasteiger partial charge in [0.15, 0.2) is 0 Å². The fourth-order valence-electron chi connectivity index (χ4n) is 2.02. The number of rotatable bonds is 2. The van der Waals surface area contributed by atoms with Gasteiger partial charge in [-0.2, -0.15) is 0 Å². The lowest BCUT2D eigenvalue weighted by atomic mass is 9.74. The summed E-state index contributed by atoms with van der Waals surface area (Å²) >= 11 is 9.30. The van der Waals surface area contributed by atoms with Crippen molar-refractivity contribution in [1.82, 2.24) is 0 Å². The van der Waals surface area contributed by atoms with Gasteiger partial charge in [0.25, 0.3) is 0 Å². The Morgan fingerprint density at radius 2 is 1.75 bits per heavy atom. The Labute approximate surface area is 132 Å². The summed E-state index contributed by atoms with van der Waals surface area (Å²) in [6.07, 6.45) is 0. The van der Waals surface area contributed by atoms with Gasteiger partial charge in [-0.05, 0) is 39.8 Å². The van der Waals surface area contributed by atoms with Gasteiger partial charge in [0, 0.05) is 10.0 Å². The third kappa shape index (κ3) is 2.72. The molecule has 1 fully saturated rings. The van der Waals surface area contributed by atoms with Gasteiger partial charge in [0.2, 0.25) is 0 Å². The molecule has 0 saturated carbocycles. The molecule has 110 valence electrons. The van der Waals surface area contributed by atoms with Gasteiger partial charge in [-0.25, -0.2) is 0 Å². The number of hydrogen-bond acceptors (Lipinski definition) is 4. The highest BCUT2D eigenvalue weighted by Crippen LogP contribution is 2.42. The van der Waals surface area contributed by atoms with Gasteiger partial charge in [0.05, 0.1) is 22.2 Å². The van der Waals surface area contributed by atoms with E-state index < -0.39 is 24.3 Å². The molecule has 1 aromatic carbocycles. The Kier molecular flexibility index (Phi) is 4.17. The molecule has 0 radical (unpaired) electrons. The molecular formula is C13H18BBrClNO3. The summed E-state index contributed by atoms with van der Waals surface area (Å²) in [5.74, 6) is -0.678. The van der Waals surface area contributed by atoms with Crippen LogP contribution in [-0.4, -0.2) is 23.4 Å². The van der Waals surface area contributed by atoms with Crippen LogP contribution in [0, 0.1) is 0 Å². The summed E-state index contributed by atoms with van der Waals surface area (Å²) in [5.41, 5.74) is 5.74. The standard InChI is InChI=1S/C13H18BBrClNO3/c1-12(2)13(3,4)20-14(19-12)11(17)8-5-7(15)6-9(16)10(8)18/h5-6,11,18H,17H2,1-4H3. The summed E-state index contributed by atoms with van der Waals surface area (Å²) in [5, 5.41) is 10.3. The van der Waals surface area contributed by atoms with Crippen LogP contribution in [0.5, 0.6) is 5.75 Å². The maximum Gasteiger partial charge on any atom is 0.480 e. The molecule has 0 amide bonds. The lowest BCUT2D eigenvalue weighted by Gasteiger charge is -2.32. The minimum absolute atomic E-state index is 0.0444. The van der Waals surface area contributed by atoms with Crippen molar-refractivity contribution in [3.63, 3.8) is 0 Å². The first-order valence-corrected chi connectivity index (χ1v) is 7.51. The highest BCUT2D eigenvalue weighted by atomic mass is 79.9. The smallest absolute Gasteiger partial charge is 0.480 e. The van der Waals surface area contributed by atoms with Crippen molar-refractivity contribution in [2.45, 2.75) is 44.8 Å². The number of halogens is 2. The zero-order valence-electron chi connectivity index (χ0n) is 11.9. The van der Waals surface area contributed by atoms with Gasteiger partial charge in [-0.1, -0.05) is 27.5 Å². The van der Waals surface area contributed by atoms with E-state index in [0.717, 1.165) is 4.47 Å². The Hall–Kier alpha value is -0.265. The maximum absolute atomic E-state index is 10.1. The predicted octanol–water partition coefficient (Wildman–Crippen LogP) is 3.44. The fourth-order valence-corrected chi connectivity index (χ4v) is 2.86. The zero-order chi connectivity index (χ0) is 15.3. The first-order chi connectivity index (χ1) is 9.05. The first-order valence-electron chi connectivity index (χ1n) is 6.34. The van der Waals surface area contributed by atoms with Crippen LogP contribution in [0.15, 0.2) is 16.6 Å². The molecule has 1 aliphatic rings. The average molecular weight is 362 g/mol. The van der Waals surface area contributed by atoms with Crippen molar-refractivity contribution in [2.24, 2.45) is 5.73 Å². The molecule has 1 unspecified atom stereocenters. The Bertz CT molecular complexity index is 523. The van der Waals surface area contributed by atoms with Crippen LogP contribution in [0.4, 0.5) is 0 Å². The molecule has 1 saturated heterocycles.